The Balaban J connectivity index is 2.57. The van der Waals surface area contributed by atoms with Crippen molar-refractivity contribution in [1.29, 1.82) is 0 Å². The summed E-state index contributed by atoms with van der Waals surface area (Å²) in [5, 5.41) is 0. The van der Waals surface area contributed by atoms with Gasteiger partial charge in [-0.25, -0.2) is 4.98 Å². The van der Waals surface area contributed by atoms with Crippen LogP contribution in [-0.4, -0.2) is 23.9 Å². The van der Waals surface area contributed by atoms with Crippen molar-refractivity contribution in [3.8, 4) is 0 Å². The number of hydrogen-bond donors (Lipinski definition) is 0. The van der Waals surface area contributed by atoms with Crippen molar-refractivity contribution in [2.45, 2.75) is 34.6 Å². The van der Waals surface area contributed by atoms with Crippen molar-refractivity contribution in [3.63, 3.8) is 0 Å². The molecule has 3 nitrogen and oxygen atoms in total. The van der Waals surface area contributed by atoms with Gasteiger partial charge in [0.15, 0.2) is 5.78 Å². The first kappa shape index (κ1) is 13.1. The summed E-state index contributed by atoms with van der Waals surface area (Å²) in [6.45, 7) is 12.1. The van der Waals surface area contributed by atoms with Gasteiger partial charge in [-0.05, 0) is 31.9 Å². The van der Waals surface area contributed by atoms with Gasteiger partial charge in [-0.15, -0.1) is 0 Å². The quantitative estimate of drug-likeness (QED) is 0.804. The normalized spacial score (nSPS) is 23.4. The zero-order chi connectivity index (χ0) is 13.5. The van der Waals surface area contributed by atoms with Crippen LogP contribution >= 0.6 is 0 Å². The molecule has 3 heteroatoms. The predicted molar refractivity (Wildman–Crippen MR) is 74.1 cm³/mol. The van der Waals surface area contributed by atoms with Gasteiger partial charge in [0.2, 0.25) is 0 Å². The van der Waals surface area contributed by atoms with Crippen LogP contribution in [0.5, 0.6) is 0 Å². The zero-order valence-electron chi connectivity index (χ0n) is 11.9. The SMILES string of the molecule is CCN1CC(C)(C(C)C)C(=O)c2ccc(C)nc21. The summed E-state index contributed by atoms with van der Waals surface area (Å²) in [6.07, 6.45) is 0. The first-order valence-electron chi connectivity index (χ1n) is 6.67. The smallest absolute Gasteiger partial charge is 0.174 e. The Morgan fingerprint density at radius 3 is 2.67 bits per heavy atom. The monoisotopic (exact) mass is 246 g/mol. The summed E-state index contributed by atoms with van der Waals surface area (Å²) < 4.78 is 0. The fraction of sp³-hybridized carbons (Fsp3) is 0.600. The van der Waals surface area contributed by atoms with E-state index in [-0.39, 0.29) is 11.2 Å². The van der Waals surface area contributed by atoms with Gasteiger partial charge < -0.3 is 4.90 Å². The van der Waals surface area contributed by atoms with E-state index >= 15 is 0 Å². The molecule has 1 aromatic rings. The number of anilines is 1. The number of nitrogens with zero attached hydrogens (tertiary/aromatic N) is 2. The fourth-order valence-corrected chi connectivity index (χ4v) is 2.52. The molecule has 0 aromatic carbocycles. The molecule has 0 spiro atoms. The molecule has 0 fully saturated rings. The maximum atomic E-state index is 12.7. The van der Waals surface area contributed by atoms with Gasteiger partial charge in [0, 0.05) is 18.8 Å². The molecule has 0 amide bonds. The average molecular weight is 246 g/mol. The molecule has 0 bridgehead atoms. The molecule has 1 unspecified atom stereocenters. The van der Waals surface area contributed by atoms with E-state index in [1.807, 2.05) is 19.1 Å². The number of carbonyl (C=O) groups is 1. The number of carbonyl (C=O) groups excluding carboxylic acids is 1. The summed E-state index contributed by atoms with van der Waals surface area (Å²) in [5.41, 5.74) is 1.44. The molecule has 0 N–H and O–H groups in total. The molecule has 0 aliphatic carbocycles. The van der Waals surface area contributed by atoms with Gasteiger partial charge in [-0.3, -0.25) is 4.79 Å². The van der Waals surface area contributed by atoms with Gasteiger partial charge in [-0.1, -0.05) is 20.8 Å². The molecule has 1 atom stereocenters. The van der Waals surface area contributed by atoms with E-state index in [1.54, 1.807) is 0 Å². The van der Waals surface area contributed by atoms with Crippen LogP contribution in [0.15, 0.2) is 12.1 Å². The Hall–Kier alpha value is -1.38. The number of aromatic nitrogens is 1. The minimum atomic E-state index is -0.306. The van der Waals surface area contributed by atoms with Crippen LogP contribution < -0.4 is 4.90 Å². The number of fused-ring (bicyclic) bond motifs is 1. The highest BCUT2D eigenvalue weighted by atomic mass is 16.1. The molecular formula is C15H22N2O. The van der Waals surface area contributed by atoms with E-state index in [9.17, 15) is 4.79 Å². The van der Waals surface area contributed by atoms with Crippen LogP contribution in [0.4, 0.5) is 5.82 Å². The van der Waals surface area contributed by atoms with Crippen molar-refractivity contribution < 1.29 is 4.79 Å². The first-order chi connectivity index (χ1) is 8.40. The Morgan fingerprint density at radius 2 is 2.11 bits per heavy atom. The molecule has 18 heavy (non-hydrogen) atoms. The standard InChI is InChI=1S/C15H22N2O/c1-6-17-9-15(5,10(2)3)13(18)12-8-7-11(4)16-14(12)17/h7-8,10H,6,9H2,1-5H3. The van der Waals surface area contributed by atoms with Gasteiger partial charge >= 0.3 is 0 Å². The average Bonchev–Trinajstić information content (AvgIpc) is 2.33. The first-order valence-corrected chi connectivity index (χ1v) is 6.67. The van der Waals surface area contributed by atoms with Crippen molar-refractivity contribution >= 4 is 11.6 Å². The Bertz CT molecular complexity index is 481. The van der Waals surface area contributed by atoms with E-state index in [1.165, 1.54) is 0 Å². The van der Waals surface area contributed by atoms with E-state index in [0.29, 0.717) is 5.92 Å². The largest absolute Gasteiger partial charge is 0.355 e. The second kappa shape index (κ2) is 4.38. The molecule has 1 aromatic heterocycles. The molecule has 0 saturated heterocycles. The van der Waals surface area contributed by atoms with Crippen molar-refractivity contribution in [2.24, 2.45) is 11.3 Å². The molecule has 2 rings (SSSR count). The van der Waals surface area contributed by atoms with Gasteiger partial charge in [0.25, 0.3) is 0 Å². The molecule has 2 heterocycles. The van der Waals surface area contributed by atoms with Crippen LogP contribution in [-0.2, 0) is 0 Å². The maximum Gasteiger partial charge on any atom is 0.174 e. The Labute approximate surface area is 109 Å². The van der Waals surface area contributed by atoms with Crippen LogP contribution in [0.3, 0.4) is 0 Å². The summed E-state index contributed by atoms with van der Waals surface area (Å²) in [7, 11) is 0. The van der Waals surface area contributed by atoms with Crippen LogP contribution in [0, 0.1) is 18.3 Å². The zero-order valence-corrected chi connectivity index (χ0v) is 11.9. The molecule has 1 aliphatic rings. The van der Waals surface area contributed by atoms with Gasteiger partial charge in [0.05, 0.1) is 11.0 Å². The number of rotatable bonds is 2. The molecule has 98 valence electrons. The highest BCUT2D eigenvalue weighted by Crippen LogP contribution is 2.40. The number of hydrogen-bond acceptors (Lipinski definition) is 3. The summed E-state index contributed by atoms with van der Waals surface area (Å²) >= 11 is 0. The topological polar surface area (TPSA) is 33.2 Å². The lowest BCUT2D eigenvalue weighted by atomic mass is 9.71. The van der Waals surface area contributed by atoms with Crippen molar-refractivity contribution in [1.82, 2.24) is 4.98 Å². The summed E-state index contributed by atoms with van der Waals surface area (Å²) in [4.78, 5) is 19.5. The molecule has 1 aliphatic heterocycles. The second-order valence-electron chi connectivity index (χ2n) is 5.74. The number of aryl methyl sites for hydroxylation is 1. The van der Waals surface area contributed by atoms with E-state index in [2.05, 4.69) is 37.6 Å². The lowest BCUT2D eigenvalue weighted by molar-refractivity contribution is 0.0734. The van der Waals surface area contributed by atoms with E-state index in [0.717, 1.165) is 30.2 Å². The minimum Gasteiger partial charge on any atom is -0.355 e. The molecular weight excluding hydrogens is 224 g/mol. The van der Waals surface area contributed by atoms with Crippen molar-refractivity contribution in [3.05, 3.63) is 23.4 Å². The third-order valence-corrected chi connectivity index (χ3v) is 4.25. The van der Waals surface area contributed by atoms with Crippen molar-refractivity contribution in [2.75, 3.05) is 18.0 Å². The fourth-order valence-electron chi connectivity index (χ4n) is 2.52. The number of ketones is 1. The van der Waals surface area contributed by atoms with Gasteiger partial charge in [-0.2, -0.15) is 0 Å². The predicted octanol–water partition coefficient (Wildman–Crippen LogP) is 3.07. The minimum absolute atomic E-state index is 0.240. The highest BCUT2D eigenvalue weighted by Gasteiger charge is 2.44. The second-order valence-corrected chi connectivity index (χ2v) is 5.74. The van der Waals surface area contributed by atoms with Crippen LogP contribution in [0.2, 0.25) is 0 Å². The van der Waals surface area contributed by atoms with Crippen LogP contribution in [0.1, 0.15) is 43.7 Å². The third kappa shape index (κ3) is 1.82. The Morgan fingerprint density at radius 1 is 1.44 bits per heavy atom. The Kier molecular flexibility index (Phi) is 3.18. The van der Waals surface area contributed by atoms with Gasteiger partial charge in [0.1, 0.15) is 5.82 Å². The van der Waals surface area contributed by atoms with Crippen LogP contribution in [0.25, 0.3) is 0 Å². The number of Topliss-reactive ketones (excluding diaryl/α,β-unsaturated/α-hetero) is 1. The maximum absolute atomic E-state index is 12.7. The molecule has 0 saturated carbocycles. The highest BCUT2D eigenvalue weighted by molar-refractivity contribution is 6.06. The van der Waals surface area contributed by atoms with E-state index < -0.39 is 0 Å². The summed E-state index contributed by atoms with van der Waals surface area (Å²) in [6, 6.07) is 3.86. The summed E-state index contributed by atoms with van der Waals surface area (Å²) in [5.74, 6) is 1.43. The number of pyridine rings is 1. The van der Waals surface area contributed by atoms with E-state index in [4.69, 9.17) is 0 Å². The molecule has 0 radical (unpaired) electrons. The lowest BCUT2D eigenvalue weighted by Gasteiger charge is -2.42. The third-order valence-electron chi connectivity index (χ3n) is 4.25. The lowest BCUT2D eigenvalue weighted by Crippen LogP contribution is -2.49.